The van der Waals surface area contributed by atoms with E-state index in [4.69, 9.17) is 19.9 Å². The number of ether oxygens (including phenoxy) is 3. The van der Waals surface area contributed by atoms with Crippen molar-refractivity contribution in [1.29, 1.82) is 0 Å². The third-order valence-corrected chi connectivity index (χ3v) is 3.53. The van der Waals surface area contributed by atoms with Crippen molar-refractivity contribution in [2.45, 2.75) is 25.8 Å². The summed E-state index contributed by atoms with van der Waals surface area (Å²) in [6.45, 7) is 3.36. The lowest BCUT2D eigenvalue weighted by molar-refractivity contribution is -0.143. The predicted molar refractivity (Wildman–Crippen MR) is 77.9 cm³/mol. The summed E-state index contributed by atoms with van der Waals surface area (Å²) in [5.41, 5.74) is 6.86. The summed E-state index contributed by atoms with van der Waals surface area (Å²) in [6.07, 6.45) is 0.977. The molecule has 0 fully saturated rings. The average molecular weight is 344 g/mol. The molecule has 0 amide bonds. The van der Waals surface area contributed by atoms with Gasteiger partial charge in [-0.15, -0.1) is 0 Å². The van der Waals surface area contributed by atoms with Crippen LogP contribution in [0.1, 0.15) is 31.4 Å². The van der Waals surface area contributed by atoms with E-state index >= 15 is 0 Å². The van der Waals surface area contributed by atoms with Crippen molar-refractivity contribution in [2.75, 3.05) is 19.8 Å². The standard InChI is InChI=1S/C14H18BrNO4/c1-2-18-13(17)8-11(16)9-6-10(15)14-12(7-9)19-4-3-5-20-14/h6-7,11H,2-5,8,16H2,1H3/t11-/m0/s1. The molecule has 0 bridgehead atoms. The Balaban J connectivity index is 2.18. The average Bonchev–Trinajstić information content (AvgIpc) is 2.64. The van der Waals surface area contributed by atoms with Gasteiger partial charge in [-0.1, -0.05) is 0 Å². The smallest absolute Gasteiger partial charge is 0.307 e. The molecule has 0 unspecified atom stereocenters. The Morgan fingerprint density at radius 2 is 2.20 bits per heavy atom. The number of hydrogen-bond acceptors (Lipinski definition) is 5. The SMILES string of the molecule is CCOC(=O)C[C@H](N)c1cc(Br)c2c(c1)OCCCO2. The fourth-order valence-corrected chi connectivity index (χ4v) is 2.56. The van der Waals surface area contributed by atoms with Gasteiger partial charge >= 0.3 is 5.97 Å². The number of nitrogens with two attached hydrogens (primary N) is 1. The Kier molecular flexibility index (Phi) is 5.25. The van der Waals surface area contributed by atoms with Gasteiger partial charge in [0.05, 0.1) is 30.7 Å². The number of rotatable bonds is 4. The lowest BCUT2D eigenvalue weighted by Crippen LogP contribution is -2.17. The molecule has 6 heteroatoms. The lowest BCUT2D eigenvalue weighted by atomic mass is 10.0. The summed E-state index contributed by atoms with van der Waals surface area (Å²) in [7, 11) is 0. The van der Waals surface area contributed by atoms with Crippen LogP contribution in [0, 0.1) is 0 Å². The number of carbonyl (C=O) groups is 1. The Morgan fingerprint density at radius 1 is 1.45 bits per heavy atom. The topological polar surface area (TPSA) is 70.8 Å². The molecule has 0 aliphatic carbocycles. The molecule has 0 saturated carbocycles. The molecule has 5 nitrogen and oxygen atoms in total. The van der Waals surface area contributed by atoms with Crippen molar-refractivity contribution >= 4 is 21.9 Å². The van der Waals surface area contributed by atoms with Crippen LogP contribution in [0.3, 0.4) is 0 Å². The second kappa shape index (κ2) is 6.95. The van der Waals surface area contributed by atoms with Gasteiger partial charge in [-0.05, 0) is 40.5 Å². The first-order chi connectivity index (χ1) is 9.61. The number of carbonyl (C=O) groups excluding carboxylic acids is 1. The molecule has 1 aliphatic heterocycles. The van der Waals surface area contributed by atoms with Gasteiger partial charge in [0.15, 0.2) is 11.5 Å². The van der Waals surface area contributed by atoms with Crippen LogP contribution in [0.4, 0.5) is 0 Å². The molecule has 2 rings (SSSR count). The molecule has 1 heterocycles. The zero-order chi connectivity index (χ0) is 14.5. The van der Waals surface area contributed by atoms with E-state index in [9.17, 15) is 4.79 Å². The molecule has 0 radical (unpaired) electrons. The minimum absolute atomic E-state index is 0.139. The van der Waals surface area contributed by atoms with E-state index in [1.54, 1.807) is 6.92 Å². The molecule has 0 saturated heterocycles. The molecule has 2 N–H and O–H groups in total. The van der Waals surface area contributed by atoms with Gasteiger partial charge in [-0.3, -0.25) is 4.79 Å². The van der Waals surface area contributed by atoms with Crippen LogP contribution in [0.2, 0.25) is 0 Å². The Labute approximate surface area is 126 Å². The minimum atomic E-state index is -0.428. The molecule has 0 aromatic heterocycles. The first-order valence-corrected chi connectivity index (χ1v) is 7.41. The second-order valence-corrected chi connectivity index (χ2v) is 5.35. The zero-order valence-corrected chi connectivity index (χ0v) is 12.9. The van der Waals surface area contributed by atoms with E-state index < -0.39 is 6.04 Å². The number of hydrogen-bond donors (Lipinski definition) is 1. The van der Waals surface area contributed by atoms with E-state index in [-0.39, 0.29) is 12.4 Å². The summed E-state index contributed by atoms with van der Waals surface area (Å²) < 4.78 is 17.0. The summed E-state index contributed by atoms with van der Waals surface area (Å²) >= 11 is 3.46. The van der Waals surface area contributed by atoms with Gasteiger partial charge in [0.1, 0.15) is 0 Å². The normalized spacial score (nSPS) is 15.3. The van der Waals surface area contributed by atoms with Gasteiger partial charge in [0, 0.05) is 12.5 Å². The molecule has 1 atom stereocenters. The van der Waals surface area contributed by atoms with Crippen molar-refractivity contribution < 1.29 is 19.0 Å². The highest BCUT2D eigenvalue weighted by Gasteiger charge is 2.19. The molecular weight excluding hydrogens is 326 g/mol. The Morgan fingerprint density at radius 3 is 2.95 bits per heavy atom. The van der Waals surface area contributed by atoms with E-state index in [1.807, 2.05) is 12.1 Å². The molecule has 1 aromatic carbocycles. The highest BCUT2D eigenvalue weighted by atomic mass is 79.9. The maximum absolute atomic E-state index is 11.5. The maximum Gasteiger partial charge on any atom is 0.307 e. The maximum atomic E-state index is 11.5. The van der Waals surface area contributed by atoms with Crippen LogP contribution in [0.25, 0.3) is 0 Å². The number of esters is 1. The minimum Gasteiger partial charge on any atom is -0.490 e. The third-order valence-electron chi connectivity index (χ3n) is 2.94. The van der Waals surface area contributed by atoms with Gasteiger partial charge in [-0.2, -0.15) is 0 Å². The van der Waals surface area contributed by atoms with Crippen molar-refractivity contribution in [3.63, 3.8) is 0 Å². The van der Waals surface area contributed by atoms with E-state index in [0.717, 1.165) is 16.5 Å². The fourth-order valence-electron chi connectivity index (χ4n) is 1.98. The van der Waals surface area contributed by atoms with Gasteiger partial charge in [0.25, 0.3) is 0 Å². The predicted octanol–water partition coefficient (Wildman–Crippen LogP) is 2.56. The number of fused-ring (bicyclic) bond motifs is 1. The van der Waals surface area contributed by atoms with Gasteiger partial charge < -0.3 is 19.9 Å². The van der Waals surface area contributed by atoms with Crippen LogP contribution >= 0.6 is 15.9 Å². The van der Waals surface area contributed by atoms with Crippen molar-refractivity contribution in [1.82, 2.24) is 0 Å². The van der Waals surface area contributed by atoms with Crippen LogP contribution in [-0.4, -0.2) is 25.8 Å². The first-order valence-electron chi connectivity index (χ1n) is 6.62. The second-order valence-electron chi connectivity index (χ2n) is 4.50. The van der Waals surface area contributed by atoms with Crippen molar-refractivity contribution in [3.8, 4) is 11.5 Å². The lowest BCUT2D eigenvalue weighted by Gasteiger charge is -2.15. The van der Waals surface area contributed by atoms with Crippen LogP contribution in [0.5, 0.6) is 11.5 Å². The Bertz CT molecular complexity index is 492. The highest BCUT2D eigenvalue weighted by Crippen LogP contribution is 2.39. The van der Waals surface area contributed by atoms with E-state index in [0.29, 0.717) is 31.3 Å². The summed E-state index contributed by atoms with van der Waals surface area (Å²) in [4.78, 5) is 11.5. The summed E-state index contributed by atoms with van der Waals surface area (Å²) in [5.74, 6) is 1.05. The van der Waals surface area contributed by atoms with Crippen LogP contribution in [0.15, 0.2) is 16.6 Å². The van der Waals surface area contributed by atoms with Crippen molar-refractivity contribution in [2.24, 2.45) is 5.73 Å². The molecule has 0 spiro atoms. The monoisotopic (exact) mass is 343 g/mol. The van der Waals surface area contributed by atoms with Gasteiger partial charge in [0.2, 0.25) is 0 Å². The summed E-state index contributed by atoms with van der Waals surface area (Å²) in [5, 5.41) is 0. The zero-order valence-electron chi connectivity index (χ0n) is 11.4. The molecule has 1 aromatic rings. The van der Waals surface area contributed by atoms with Crippen molar-refractivity contribution in [3.05, 3.63) is 22.2 Å². The molecule has 110 valence electrons. The summed E-state index contributed by atoms with van der Waals surface area (Å²) in [6, 6.07) is 3.26. The van der Waals surface area contributed by atoms with Gasteiger partial charge in [-0.25, -0.2) is 0 Å². The molecule has 20 heavy (non-hydrogen) atoms. The number of benzene rings is 1. The van der Waals surface area contributed by atoms with Crippen LogP contribution < -0.4 is 15.2 Å². The van der Waals surface area contributed by atoms with E-state index in [1.165, 1.54) is 0 Å². The first kappa shape index (κ1) is 15.1. The van der Waals surface area contributed by atoms with E-state index in [2.05, 4.69) is 15.9 Å². The number of halogens is 1. The largest absolute Gasteiger partial charge is 0.490 e. The van der Waals surface area contributed by atoms with Crippen LogP contribution in [-0.2, 0) is 9.53 Å². The molecule has 1 aliphatic rings. The molecular formula is C14H18BrNO4. The quantitative estimate of drug-likeness (QED) is 0.850. The third kappa shape index (κ3) is 3.64. The Hall–Kier alpha value is -1.27. The fraction of sp³-hybridized carbons (Fsp3) is 0.500. The highest BCUT2D eigenvalue weighted by molar-refractivity contribution is 9.10.